The maximum atomic E-state index is 11.7. The second kappa shape index (κ2) is 5.00. The van der Waals surface area contributed by atoms with Crippen molar-refractivity contribution in [2.45, 2.75) is 38.0 Å². The molecule has 1 saturated carbocycles. The molecule has 4 nitrogen and oxygen atoms in total. The highest BCUT2D eigenvalue weighted by Crippen LogP contribution is 2.51. The number of benzene rings is 1. The van der Waals surface area contributed by atoms with Crippen LogP contribution in [0.3, 0.4) is 0 Å². The number of carboxylic acids is 1. The smallest absolute Gasteiger partial charge is 0.314 e. The molecule has 3 rings (SSSR count). The van der Waals surface area contributed by atoms with Gasteiger partial charge in [0.2, 0.25) is 0 Å². The van der Waals surface area contributed by atoms with Crippen molar-refractivity contribution in [1.29, 1.82) is 0 Å². The molecular weight excluding hydrogens is 256 g/mol. The first-order chi connectivity index (χ1) is 9.65. The van der Waals surface area contributed by atoms with Gasteiger partial charge in [0.05, 0.1) is 5.41 Å². The molecular formula is C16H20O4. The van der Waals surface area contributed by atoms with Crippen molar-refractivity contribution in [3.05, 3.63) is 23.8 Å². The molecule has 20 heavy (non-hydrogen) atoms. The lowest BCUT2D eigenvalue weighted by molar-refractivity contribution is -0.150. The molecule has 0 bridgehead atoms. The molecule has 1 N–H and O–H groups in total. The summed E-state index contributed by atoms with van der Waals surface area (Å²) in [5.74, 6) is 1.20. The number of hydrogen-bond acceptors (Lipinski definition) is 3. The summed E-state index contributed by atoms with van der Waals surface area (Å²) < 4.78 is 11.1. The summed E-state index contributed by atoms with van der Waals surface area (Å²) in [5, 5.41) is 9.66. The first-order valence-corrected chi connectivity index (χ1v) is 7.29. The van der Waals surface area contributed by atoms with Crippen LogP contribution in [0, 0.1) is 5.92 Å². The fourth-order valence-electron chi connectivity index (χ4n) is 3.41. The molecule has 1 aromatic rings. The second-order valence-corrected chi connectivity index (χ2v) is 5.81. The highest BCUT2D eigenvalue weighted by molar-refractivity contribution is 5.83. The van der Waals surface area contributed by atoms with Crippen molar-refractivity contribution in [3.63, 3.8) is 0 Å². The fourth-order valence-corrected chi connectivity index (χ4v) is 3.41. The van der Waals surface area contributed by atoms with Crippen LogP contribution in [-0.4, -0.2) is 24.3 Å². The minimum absolute atomic E-state index is 0.523. The molecule has 1 fully saturated rings. The maximum absolute atomic E-state index is 11.7. The van der Waals surface area contributed by atoms with Crippen LogP contribution in [0.4, 0.5) is 0 Å². The number of hydrogen-bond donors (Lipinski definition) is 1. The van der Waals surface area contributed by atoms with Gasteiger partial charge in [-0.3, -0.25) is 4.79 Å². The third-order valence-electron chi connectivity index (χ3n) is 4.48. The highest BCUT2D eigenvalue weighted by Gasteiger charge is 2.51. The molecule has 2 aliphatic rings. The number of carboxylic acid groups (broad SMARTS) is 1. The molecule has 0 radical (unpaired) electrons. The van der Waals surface area contributed by atoms with Crippen LogP contribution in [0.1, 0.15) is 38.2 Å². The molecule has 0 atom stereocenters. The van der Waals surface area contributed by atoms with Crippen LogP contribution in [-0.2, 0) is 10.2 Å². The van der Waals surface area contributed by atoms with Gasteiger partial charge in [-0.25, -0.2) is 0 Å². The van der Waals surface area contributed by atoms with Crippen molar-refractivity contribution < 1.29 is 19.4 Å². The van der Waals surface area contributed by atoms with Crippen molar-refractivity contribution >= 4 is 5.97 Å². The Labute approximate surface area is 118 Å². The summed E-state index contributed by atoms with van der Waals surface area (Å²) in [6, 6.07) is 5.57. The normalized spacial score (nSPS) is 27.8. The van der Waals surface area contributed by atoms with E-state index in [2.05, 4.69) is 6.92 Å². The molecule has 0 unspecified atom stereocenters. The van der Waals surface area contributed by atoms with Crippen LogP contribution in [0.5, 0.6) is 11.5 Å². The Morgan fingerprint density at radius 2 is 2.00 bits per heavy atom. The SMILES string of the molecule is CCCC1CC(C(=O)O)(c2ccc3c(c2)OCCO3)C1. The standard InChI is InChI=1S/C16H20O4/c1-2-3-11-9-16(10-11,15(17)18)12-4-5-13-14(8-12)20-7-6-19-13/h4-5,8,11H,2-3,6-7,9-10H2,1H3,(H,17,18). The number of aliphatic carboxylic acids is 1. The van der Waals surface area contributed by atoms with E-state index in [9.17, 15) is 9.90 Å². The lowest BCUT2D eigenvalue weighted by Crippen LogP contribution is -2.47. The average molecular weight is 276 g/mol. The minimum atomic E-state index is -0.727. The summed E-state index contributed by atoms with van der Waals surface area (Å²) in [4.78, 5) is 11.7. The molecule has 0 amide bonds. The van der Waals surface area contributed by atoms with Crippen molar-refractivity contribution in [3.8, 4) is 11.5 Å². The van der Waals surface area contributed by atoms with Crippen LogP contribution in [0.2, 0.25) is 0 Å². The lowest BCUT2D eigenvalue weighted by atomic mass is 9.57. The van der Waals surface area contributed by atoms with Gasteiger partial charge in [0, 0.05) is 0 Å². The van der Waals surface area contributed by atoms with Crippen LogP contribution in [0.15, 0.2) is 18.2 Å². The Hall–Kier alpha value is -1.71. The monoisotopic (exact) mass is 276 g/mol. The molecule has 0 aromatic heterocycles. The van der Waals surface area contributed by atoms with E-state index < -0.39 is 11.4 Å². The van der Waals surface area contributed by atoms with Gasteiger partial charge >= 0.3 is 5.97 Å². The van der Waals surface area contributed by atoms with E-state index in [-0.39, 0.29) is 0 Å². The first kappa shape index (κ1) is 13.3. The predicted octanol–water partition coefficient (Wildman–Crippen LogP) is 2.99. The molecule has 0 spiro atoms. The van der Waals surface area contributed by atoms with E-state index in [0.717, 1.165) is 31.2 Å². The van der Waals surface area contributed by atoms with Crippen LogP contribution < -0.4 is 9.47 Å². The molecule has 0 saturated heterocycles. The Morgan fingerprint density at radius 3 is 2.65 bits per heavy atom. The quantitative estimate of drug-likeness (QED) is 0.918. The van der Waals surface area contributed by atoms with E-state index >= 15 is 0 Å². The number of rotatable bonds is 4. The zero-order valence-electron chi connectivity index (χ0n) is 11.7. The van der Waals surface area contributed by atoms with Gasteiger partial charge in [0.25, 0.3) is 0 Å². The zero-order valence-corrected chi connectivity index (χ0v) is 11.7. The molecule has 108 valence electrons. The second-order valence-electron chi connectivity index (χ2n) is 5.81. The average Bonchev–Trinajstić information content (AvgIpc) is 2.41. The Balaban J connectivity index is 1.88. The van der Waals surface area contributed by atoms with Gasteiger partial charge in [0.1, 0.15) is 13.2 Å². The van der Waals surface area contributed by atoms with Crippen molar-refractivity contribution in [2.75, 3.05) is 13.2 Å². The summed E-state index contributed by atoms with van der Waals surface area (Å²) in [6.45, 7) is 3.22. The van der Waals surface area contributed by atoms with E-state index in [1.165, 1.54) is 0 Å². The fraction of sp³-hybridized carbons (Fsp3) is 0.562. The largest absolute Gasteiger partial charge is 0.486 e. The first-order valence-electron chi connectivity index (χ1n) is 7.29. The van der Waals surface area contributed by atoms with Crippen molar-refractivity contribution in [1.82, 2.24) is 0 Å². The Kier molecular flexibility index (Phi) is 3.32. The van der Waals surface area contributed by atoms with E-state index in [1.54, 1.807) is 0 Å². The Morgan fingerprint density at radius 1 is 1.30 bits per heavy atom. The van der Waals surface area contributed by atoms with Gasteiger partial charge in [0.15, 0.2) is 11.5 Å². The van der Waals surface area contributed by atoms with Gasteiger partial charge < -0.3 is 14.6 Å². The Bertz CT molecular complexity index is 517. The predicted molar refractivity (Wildman–Crippen MR) is 74.4 cm³/mol. The number of carbonyl (C=O) groups is 1. The van der Waals surface area contributed by atoms with Gasteiger partial charge in [-0.2, -0.15) is 0 Å². The van der Waals surface area contributed by atoms with Gasteiger partial charge in [-0.15, -0.1) is 0 Å². The molecule has 1 heterocycles. The minimum Gasteiger partial charge on any atom is -0.486 e. The molecule has 4 heteroatoms. The maximum Gasteiger partial charge on any atom is 0.314 e. The summed E-state index contributed by atoms with van der Waals surface area (Å²) in [6.07, 6.45) is 3.69. The van der Waals surface area contributed by atoms with E-state index in [4.69, 9.17) is 9.47 Å². The lowest BCUT2D eigenvalue weighted by Gasteiger charge is -2.45. The van der Waals surface area contributed by atoms with E-state index in [1.807, 2.05) is 18.2 Å². The third-order valence-corrected chi connectivity index (χ3v) is 4.48. The number of ether oxygens (including phenoxy) is 2. The summed E-state index contributed by atoms with van der Waals surface area (Å²) >= 11 is 0. The summed E-state index contributed by atoms with van der Waals surface area (Å²) in [5.41, 5.74) is 0.122. The zero-order chi connectivity index (χ0) is 14.2. The topological polar surface area (TPSA) is 55.8 Å². The molecule has 1 aromatic carbocycles. The third kappa shape index (κ3) is 2.03. The van der Waals surface area contributed by atoms with Gasteiger partial charge in [-0.05, 0) is 36.5 Å². The van der Waals surface area contributed by atoms with Crippen molar-refractivity contribution in [2.24, 2.45) is 5.92 Å². The van der Waals surface area contributed by atoms with E-state index in [0.29, 0.717) is 30.6 Å². The van der Waals surface area contributed by atoms with Crippen LogP contribution >= 0.6 is 0 Å². The summed E-state index contributed by atoms with van der Waals surface area (Å²) in [7, 11) is 0. The van der Waals surface area contributed by atoms with Crippen LogP contribution in [0.25, 0.3) is 0 Å². The molecule has 1 aliphatic carbocycles. The highest BCUT2D eigenvalue weighted by atomic mass is 16.6. The number of fused-ring (bicyclic) bond motifs is 1. The van der Waals surface area contributed by atoms with Gasteiger partial charge in [-0.1, -0.05) is 25.8 Å². The molecule has 1 aliphatic heterocycles.